The van der Waals surface area contributed by atoms with Crippen molar-refractivity contribution in [3.05, 3.63) is 0 Å². The van der Waals surface area contributed by atoms with Gasteiger partial charge in [0.1, 0.15) is 4.75 Å². The molecule has 0 aromatic rings. The maximum absolute atomic E-state index is 12.7. The highest BCUT2D eigenvalue weighted by atomic mass is 35.5. The van der Waals surface area contributed by atoms with Gasteiger partial charge < -0.3 is 38.7 Å². The summed E-state index contributed by atoms with van der Waals surface area (Å²) in [6.07, 6.45) is 12.2. The first kappa shape index (κ1) is 39.1. The van der Waals surface area contributed by atoms with Crippen LogP contribution in [0.3, 0.4) is 0 Å². The van der Waals surface area contributed by atoms with Gasteiger partial charge in [-0.2, -0.15) is 0 Å². The highest BCUT2D eigenvalue weighted by Crippen LogP contribution is 2.61. The van der Waals surface area contributed by atoms with Gasteiger partial charge in [0.25, 0.3) is 0 Å². The predicted molar refractivity (Wildman–Crippen MR) is 180 cm³/mol. The molecule has 0 radical (unpaired) electrons. The number of esters is 2. The van der Waals surface area contributed by atoms with E-state index in [1.807, 2.05) is 34.6 Å². The molecule has 1 unspecified atom stereocenters. The second kappa shape index (κ2) is 14.9. The summed E-state index contributed by atoms with van der Waals surface area (Å²) in [5.74, 6) is -1.05. The van der Waals surface area contributed by atoms with Crippen LogP contribution in [0.15, 0.2) is 0 Å². The molecule has 0 amide bonds. The Kier molecular flexibility index (Phi) is 12.4. The molecule has 6 aliphatic rings. The fraction of sp³-hybridized carbons (Fsp3) is 0.941. The summed E-state index contributed by atoms with van der Waals surface area (Å²) in [6, 6.07) is 0. The van der Waals surface area contributed by atoms with Gasteiger partial charge >= 0.3 is 11.9 Å². The van der Waals surface area contributed by atoms with E-state index in [9.17, 15) is 14.1 Å². The Bertz CT molecular complexity index is 1050. The topological polar surface area (TPSA) is 151 Å². The van der Waals surface area contributed by atoms with Crippen LogP contribution in [0.2, 0.25) is 0 Å². The first-order valence-corrected chi connectivity index (χ1v) is 18.6. The number of hydrogen-bond acceptors (Lipinski definition) is 11. The normalized spacial score (nSPS) is 27.6. The van der Waals surface area contributed by atoms with Gasteiger partial charge in [-0.05, 0) is 96.8 Å². The zero-order valence-corrected chi connectivity index (χ0v) is 30.8. The molecule has 1 atom stereocenters. The third-order valence-corrected chi connectivity index (χ3v) is 12.8. The van der Waals surface area contributed by atoms with Gasteiger partial charge in [-0.25, -0.2) is 0 Å². The van der Waals surface area contributed by atoms with E-state index in [2.05, 4.69) is 4.72 Å². The lowest BCUT2D eigenvalue weighted by atomic mass is 9.51. The third kappa shape index (κ3) is 9.16. The summed E-state index contributed by atoms with van der Waals surface area (Å²) in [6.45, 7) is 13.1. The Balaban J connectivity index is 0.000000215. The van der Waals surface area contributed by atoms with Gasteiger partial charge in [-0.15, -0.1) is 17.1 Å². The van der Waals surface area contributed by atoms with Gasteiger partial charge in [0.15, 0.2) is 11.6 Å². The minimum atomic E-state index is -1.21. The van der Waals surface area contributed by atoms with Crippen molar-refractivity contribution in [2.75, 3.05) is 39.6 Å². The van der Waals surface area contributed by atoms with E-state index in [1.165, 1.54) is 0 Å². The van der Waals surface area contributed by atoms with Crippen molar-refractivity contribution in [1.82, 2.24) is 4.72 Å². The van der Waals surface area contributed by atoms with E-state index < -0.39 is 16.9 Å². The van der Waals surface area contributed by atoms with Crippen LogP contribution in [-0.2, 0) is 49.4 Å². The molecule has 4 spiro atoms. The van der Waals surface area contributed by atoms with Crippen molar-refractivity contribution in [3.63, 3.8) is 0 Å². The van der Waals surface area contributed by atoms with Crippen LogP contribution in [0.4, 0.5) is 0 Å². The Morgan fingerprint density at radius 1 is 0.723 bits per heavy atom. The summed E-state index contributed by atoms with van der Waals surface area (Å²) in [4.78, 5) is 23.7. The molecule has 0 bridgehead atoms. The van der Waals surface area contributed by atoms with Crippen LogP contribution < -0.4 is 10.5 Å². The molecule has 11 nitrogen and oxygen atoms in total. The maximum atomic E-state index is 12.7. The van der Waals surface area contributed by atoms with Crippen molar-refractivity contribution in [1.29, 1.82) is 0 Å². The molecule has 2 heterocycles. The smallest absolute Gasteiger partial charge is 0.307 e. The number of hydrogen-bond donors (Lipinski definition) is 2. The SMILES string of the molecule is CCOC(=O)CC1(N)CC2(CCC3(CC2)OCCO3)C1.CCOC(=O)CC1(N[S+]([O-])C(C)(C)C)CC2(CCC3(CC2)OCCO3)C1.Cl. The van der Waals surface area contributed by atoms with Gasteiger partial charge in [0.05, 0.1) is 58.0 Å². The monoisotopic (exact) mass is 706 g/mol. The molecule has 47 heavy (non-hydrogen) atoms. The van der Waals surface area contributed by atoms with Crippen LogP contribution >= 0.6 is 12.4 Å². The molecule has 3 N–H and O–H groups in total. The van der Waals surface area contributed by atoms with Crippen LogP contribution in [0.5, 0.6) is 0 Å². The zero-order chi connectivity index (χ0) is 33.3. The lowest BCUT2D eigenvalue weighted by molar-refractivity contribution is -0.206. The van der Waals surface area contributed by atoms with Crippen LogP contribution in [0.25, 0.3) is 0 Å². The van der Waals surface area contributed by atoms with Crippen LogP contribution in [0.1, 0.15) is 125 Å². The second-order valence-electron chi connectivity index (χ2n) is 16.0. The fourth-order valence-corrected chi connectivity index (χ4v) is 10.0. The van der Waals surface area contributed by atoms with Crippen LogP contribution in [0, 0.1) is 10.8 Å². The van der Waals surface area contributed by atoms with Crippen molar-refractivity contribution in [2.24, 2.45) is 16.6 Å². The number of halogens is 1. The van der Waals surface area contributed by atoms with Gasteiger partial charge in [-0.1, -0.05) is 0 Å². The van der Waals surface area contributed by atoms with Crippen molar-refractivity contribution in [3.8, 4) is 0 Å². The molecule has 272 valence electrons. The first-order valence-electron chi connectivity index (χ1n) is 17.5. The predicted octanol–water partition coefficient (Wildman–Crippen LogP) is 4.98. The highest BCUT2D eigenvalue weighted by Gasteiger charge is 2.61. The first-order chi connectivity index (χ1) is 21.6. The largest absolute Gasteiger partial charge is 0.598 e. The van der Waals surface area contributed by atoms with Crippen molar-refractivity contribution in [2.45, 2.75) is 152 Å². The molecule has 4 aliphatic carbocycles. The Labute approximate surface area is 290 Å². The fourth-order valence-electron chi connectivity index (χ4n) is 9.12. The summed E-state index contributed by atoms with van der Waals surface area (Å²) in [5, 5.41) is 0. The summed E-state index contributed by atoms with van der Waals surface area (Å²) >= 11 is -1.21. The van der Waals surface area contributed by atoms with Crippen molar-refractivity contribution < 1.29 is 42.6 Å². The van der Waals surface area contributed by atoms with Gasteiger partial charge in [-0.3, -0.25) is 9.59 Å². The quantitative estimate of drug-likeness (QED) is 0.260. The molecule has 6 rings (SSSR count). The number of nitrogens with two attached hydrogens (primary N) is 1. The van der Waals surface area contributed by atoms with E-state index in [0.717, 1.165) is 90.3 Å². The Hall–Kier alpha value is -0.700. The molecule has 6 fully saturated rings. The average Bonchev–Trinajstić information content (AvgIpc) is 3.61. The summed E-state index contributed by atoms with van der Waals surface area (Å²) in [5.41, 5.74) is 6.05. The number of carbonyl (C=O) groups is 2. The molecular weight excluding hydrogens is 648 g/mol. The minimum absolute atomic E-state index is 0. The third-order valence-electron chi connectivity index (χ3n) is 11.1. The van der Waals surface area contributed by atoms with Gasteiger partial charge in [0.2, 0.25) is 0 Å². The lowest BCUT2D eigenvalue weighted by Gasteiger charge is -2.59. The highest BCUT2D eigenvalue weighted by molar-refractivity contribution is 7.90. The number of carbonyl (C=O) groups excluding carboxylic acids is 2. The molecule has 13 heteroatoms. The maximum Gasteiger partial charge on any atom is 0.307 e. The molecular formula is C34H59ClN2O9S. The zero-order valence-electron chi connectivity index (χ0n) is 29.2. The lowest BCUT2D eigenvalue weighted by Crippen LogP contribution is -2.65. The number of rotatable bonds is 8. The molecule has 2 saturated heterocycles. The van der Waals surface area contributed by atoms with E-state index >= 15 is 0 Å². The Morgan fingerprint density at radius 2 is 1.11 bits per heavy atom. The van der Waals surface area contributed by atoms with E-state index in [1.54, 1.807) is 0 Å². The number of ether oxygens (including phenoxy) is 6. The van der Waals surface area contributed by atoms with E-state index in [-0.39, 0.29) is 58.0 Å². The molecule has 2 aliphatic heterocycles. The summed E-state index contributed by atoms with van der Waals surface area (Å²) < 4.78 is 49.0. The summed E-state index contributed by atoms with van der Waals surface area (Å²) in [7, 11) is 0. The van der Waals surface area contributed by atoms with Gasteiger partial charge in [0, 0.05) is 42.6 Å². The van der Waals surface area contributed by atoms with E-state index in [4.69, 9.17) is 34.2 Å². The molecule has 4 saturated carbocycles. The number of nitrogens with one attached hydrogen (secondary N) is 1. The van der Waals surface area contributed by atoms with Crippen molar-refractivity contribution >= 4 is 35.7 Å². The average molecular weight is 707 g/mol. The second-order valence-corrected chi connectivity index (χ2v) is 18.0. The molecule has 0 aromatic carbocycles. The Morgan fingerprint density at radius 3 is 1.49 bits per heavy atom. The van der Waals surface area contributed by atoms with Crippen LogP contribution in [-0.4, -0.2) is 83.5 Å². The van der Waals surface area contributed by atoms with E-state index in [0.29, 0.717) is 38.3 Å². The minimum Gasteiger partial charge on any atom is -0.598 e. The molecule has 0 aromatic heterocycles. The standard InChI is InChI=1S/C19H33NO5S.C15H25NO4.ClH/c1-5-23-15(21)12-18(20-26(22)16(2,3)4)13-17(14-18)6-8-19(9-7-17)24-10-11-25-19;1-2-18-12(17)9-14(16)10-13(11-14)3-5-15(6-4-13)19-7-8-20-15;/h20H,5-14H2,1-4H3;2-11,16H2,1H3;1H.